The van der Waals surface area contributed by atoms with Crippen molar-refractivity contribution < 1.29 is 89.8 Å². The molecule has 19 heteroatoms. The van der Waals surface area contributed by atoms with E-state index in [1.807, 2.05) is 0 Å². The second-order valence-electron chi connectivity index (χ2n) is 10.5. The number of hydrogen-bond donors (Lipinski definition) is 12. The van der Waals surface area contributed by atoms with Crippen LogP contribution >= 0.6 is 0 Å². The van der Waals surface area contributed by atoms with Crippen molar-refractivity contribution in [3.05, 3.63) is 30.1 Å². The van der Waals surface area contributed by atoms with Gasteiger partial charge in [0.05, 0.1) is 24.9 Å². The van der Waals surface area contributed by atoms with Crippen LogP contribution in [0.4, 0.5) is 0 Å². The summed E-state index contributed by atoms with van der Waals surface area (Å²) in [6, 6.07) is 2.45. The van der Waals surface area contributed by atoms with E-state index in [9.17, 15) is 66.1 Å². The highest BCUT2D eigenvalue weighted by atomic mass is 16.8. The molecule has 244 valence electrons. The summed E-state index contributed by atoms with van der Waals surface area (Å²) >= 11 is 0. The van der Waals surface area contributed by atoms with Gasteiger partial charge in [-0.05, 0) is 19.1 Å². The predicted octanol–water partition coefficient (Wildman–Crippen LogP) is -7.26. The number of rotatable bonds is 7. The molecular weight excluding hydrogens is 590 g/mol. The van der Waals surface area contributed by atoms with Crippen LogP contribution in [0.15, 0.2) is 24.5 Å². The Morgan fingerprint density at radius 1 is 0.930 bits per heavy atom. The van der Waals surface area contributed by atoms with Crippen molar-refractivity contribution in [2.45, 2.75) is 97.7 Å². The second-order valence-corrected chi connectivity index (χ2v) is 10.5. The molecule has 3 fully saturated rings. The molecule has 0 aliphatic carbocycles. The summed E-state index contributed by atoms with van der Waals surface area (Å²) in [7, 11) is 0. The van der Waals surface area contributed by atoms with E-state index in [1.54, 1.807) is 0 Å². The first-order valence-corrected chi connectivity index (χ1v) is 13.0. The van der Waals surface area contributed by atoms with Crippen molar-refractivity contribution in [3.63, 3.8) is 0 Å². The first kappa shape index (κ1) is 33.9. The molecule has 3 aliphatic heterocycles. The molecular formula is C24H35NO18. The fourth-order valence-electron chi connectivity index (χ4n) is 5.57. The van der Waals surface area contributed by atoms with Crippen LogP contribution in [0, 0.1) is 0 Å². The minimum absolute atomic E-state index is 0.348. The molecule has 0 aromatic carbocycles. The summed E-state index contributed by atoms with van der Waals surface area (Å²) in [6.45, 7) is -1.67. The van der Waals surface area contributed by atoms with Crippen LogP contribution in [-0.2, 0) is 23.7 Å². The minimum atomic E-state index is -3.74. The third-order valence-corrected chi connectivity index (χ3v) is 8.07. The first-order valence-electron chi connectivity index (χ1n) is 13.0. The van der Waals surface area contributed by atoms with Gasteiger partial charge in [0.25, 0.3) is 5.79 Å². The monoisotopic (exact) mass is 625 g/mol. The fourth-order valence-corrected chi connectivity index (χ4v) is 5.57. The largest absolute Gasteiger partial charge is 0.423 e. The van der Waals surface area contributed by atoms with Crippen LogP contribution in [0.2, 0.25) is 0 Å². The summed E-state index contributed by atoms with van der Waals surface area (Å²) in [4.78, 5) is 16.8. The average Bonchev–Trinajstić information content (AvgIpc) is 2.99. The summed E-state index contributed by atoms with van der Waals surface area (Å²) in [6.07, 6.45) is -24.0. The summed E-state index contributed by atoms with van der Waals surface area (Å²) < 4.78 is 26.3. The van der Waals surface area contributed by atoms with Crippen molar-refractivity contribution in [2.75, 3.05) is 13.2 Å². The molecule has 3 aliphatic rings. The zero-order valence-corrected chi connectivity index (χ0v) is 22.4. The summed E-state index contributed by atoms with van der Waals surface area (Å²) in [5.41, 5.74) is -7.12. The maximum Gasteiger partial charge on any atom is 0.342 e. The Labute approximate surface area is 242 Å². The Morgan fingerprint density at radius 3 is 2.16 bits per heavy atom. The zero-order valence-electron chi connectivity index (χ0n) is 22.4. The quantitative estimate of drug-likeness (QED) is 0.0988. The lowest BCUT2D eigenvalue weighted by Gasteiger charge is -2.62. The summed E-state index contributed by atoms with van der Waals surface area (Å²) in [5.74, 6) is -5.20. The third kappa shape index (κ3) is 5.23. The normalized spacial score (nSPS) is 49.0. The standard InChI is InChI=1S/C24H35NO18/c1-8-23(37,16(32)13(30)20(36)39-8)22(7-27)24(38,42-18(34)9-3-2-4-25-5-9)17(33)14(31)21(43-22)41-15-10(6-26)40-19(35)12(29)11(15)28/h2-5,8,10-17,19-21,26-33,35-38H,6-7H2,1H3/t8-,10+,11+,12+,13-,14+,15+,16+,17-,19+,20?,21-,22+,23+,24+/m0/s1. The minimum Gasteiger partial charge on any atom is -0.423 e. The lowest BCUT2D eigenvalue weighted by Crippen LogP contribution is -2.88. The molecule has 0 amide bonds. The lowest BCUT2D eigenvalue weighted by atomic mass is 9.64. The molecule has 12 N–H and O–H groups in total. The van der Waals surface area contributed by atoms with Crippen molar-refractivity contribution in [1.82, 2.24) is 4.98 Å². The van der Waals surface area contributed by atoms with Crippen LogP contribution in [-0.4, -0.2) is 176 Å². The molecule has 43 heavy (non-hydrogen) atoms. The molecule has 15 atom stereocenters. The topological polar surface area (TPSA) is 319 Å². The molecule has 0 saturated carbocycles. The fraction of sp³-hybridized carbons (Fsp3) is 0.750. The van der Waals surface area contributed by atoms with Gasteiger partial charge in [0.1, 0.15) is 42.7 Å². The molecule has 1 unspecified atom stereocenters. The number of aliphatic hydroxyl groups is 12. The number of esters is 1. The number of aliphatic hydroxyl groups excluding tert-OH is 10. The van der Waals surface area contributed by atoms with Gasteiger partial charge >= 0.3 is 5.97 Å². The van der Waals surface area contributed by atoms with E-state index in [2.05, 4.69) is 4.98 Å². The number of carbonyl (C=O) groups excluding carboxylic acids is 1. The van der Waals surface area contributed by atoms with E-state index in [1.165, 1.54) is 12.3 Å². The molecule has 4 rings (SSSR count). The van der Waals surface area contributed by atoms with Gasteiger partial charge in [-0.25, -0.2) is 4.79 Å². The van der Waals surface area contributed by atoms with Gasteiger partial charge in [-0.2, -0.15) is 0 Å². The first-order chi connectivity index (χ1) is 20.1. The smallest absolute Gasteiger partial charge is 0.342 e. The van der Waals surface area contributed by atoms with Crippen molar-refractivity contribution in [1.29, 1.82) is 0 Å². The Balaban J connectivity index is 1.84. The highest BCUT2D eigenvalue weighted by molar-refractivity contribution is 5.89. The molecule has 1 aromatic heterocycles. The Kier molecular flexibility index (Phi) is 9.77. The van der Waals surface area contributed by atoms with Crippen LogP contribution in [0.5, 0.6) is 0 Å². The SMILES string of the molecule is C[C@@H]1OC(O)[C@@H](O)[C@@H](O)[C@@]1(O)[C@@]1(CO)O[C@H](O[C@H]2[C@H](O)[C@@H](O)[C@H](O)O[C@@H]2CO)[C@H](O)[C@H](O)[C@@]1(O)OC(=O)c1cccnc1. The molecule has 4 heterocycles. The Bertz CT molecular complexity index is 1120. The Morgan fingerprint density at radius 2 is 1.58 bits per heavy atom. The zero-order chi connectivity index (χ0) is 32.1. The van der Waals surface area contributed by atoms with Crippen LogP contribution in [0.3, 0.4) is 0 Å². The number of hydrogen-bond acceptors (Lipinski definition) is 19. The van der Waals surface area contributed by atoms with Gasteiger partial charge in [-0.1, -0.05) is 0 Å². The van der Waals surface area contributed by atoms with Gasteiger partial charge in [0, 0.05) is 12.4 Å². The molecule has 0 radical (unpaired) electrons. The van der Waals surface area contributed by atoms with E-state index in [0.29, 0.717) is 0 Å². The van der Waals surface area contributed by atoms with Gasteiger partial charge in [-0.15, -0.1) is 0 Å². The number of carbonyl (C=O) groups is 1. The summed E-state index contributed by atoms with van der Waals surface area (Å²) in [5, 5.41) is 128. The average molecular weight is 626 g/mol. The lowest BCUT2D eigenvalue weighted by molar-refractivity contribution is -0.480. The van der Waals surface area contributed by atoms with Gasteiger partial charge in [-0.3, -0.25) is 4.98 Å². The van der Waals surface area contributed by atoms with Crippen LogP contribution in [0.25, 0.3) is 0 Å². The van der Waals surface area contributed by atoms with Crippen LogP contribution < -0.4 is 0 Å². The molecule has 1 aromatic rings. The van der Waals surface area contributed by atoms with Gasteiger partial charge in [0.2, 0.25) is 0 Å². The molecule has 0 spiro atoms. The molecule has 0 bridgehead atoms. The van der Waals surface area contributed by atoms with E-state index in [4.69, 9.17) is 23.7 Å². The van der Waals surface area contributed by atoms with E-state index < -0.39 is 110 Å². The maximum absolute atomic E-state index is 13.1. The predicted molar refractivity (Wildman–Crippen MR) is 130 cm³/mol. The highest BCUT2D eigenvalue weighted by Crippen LogP contribution is 2.51. The van der Waals surface area contributed by atoms with Gasteiger partial charge < -0.3 is 85.0 Å². The Hall–Kier alpha value is -2.02. The number of ether oxygens (including phenoxy) is 5. The van der Waals surface area contributed by atoms with Crippen molar-refractivity contribution in [3.8, 4) is 0 Å². The second kappa shape index (κ2) is 12.4. The molecule has 3 saturated heterocycles. The number of nitrogens with zero attached hydrogens (tertiary/aromatic N) is 1. The maximum atomic E-state index is 13.1. The van der Waals surface area contributed by atoms with E-state index in [-0.39, 0.29) is 5.56 Å². The van der Waals surface area contributed by atoms with E-state index in [0.717, 1.165) is 19.2 Å². The van der Waals surface area contributed by atoms with Crippen molar-refractivity contribution in [2.24, 2.45) is 0 Å². The third-order valence-electron chi connectivity index (χ3n) is 8.07. The molecule has 19 nitrogen and oxygen atoms in total. The number of aromatic nitrogens is 1. The number of pyridine rings is 1. The van der Waals surface area contributed by atoms with Crippen molar-refractivity contribution >= 4 is 5.97 Å². The highest BCUT2D eigenvalue weighted by Gasteiger charge is 2.79. The van der Waals surface area contributed by atoms with E-state index >= 15 is 0 Å². The van der Waals surface area contributed by atoms with Crippen LogP contribution in [0.1, 0.15) is 17.3 Å². The van der Waals surface area contributed by atoms with Gasteiger partial charge in [0.15, 0.2) is 36.2 Å².